The van der Waals surface area contributed by atoms with Crippen LogP contribution >= 0.6 is 11.3 Å². The van der Waals surface area contributed by atoms with Gasteiger partial charge in [-0.1, -0.05) is 29.5 Å². The first-order chi connectivity index (χ1) is 13.4. The third kappa shape index (κ3) is 5.59. The standard InChI is InChI=1S/C18H16FN3O4S2/c19-14-2-1-3-16(10-14)28(24,25)22-12-17(23)21-11-13-4-6-15(7-5-13)26-18-20-8-9-27-18/h1-10,22H,11-12H2,(H,21,23). The Balaban J connectivity index is 1.47. The van der Waals surface area contributed by atoms with E-state index in [0.717, 1.165) is 17.7 Å². The van der Waals surface area contributed by atoms with Gasteiger partial charge < -0.3 is 10.1 Å². The Morgan fingerprint density at radius 2 is 1.96 bits per heavy atom. The van der Waals surface area contributed by atoms with Crippen molar-refractivity contribution in [1.29, 1.82) is 0 Å². The molecule has 7 nitrogen and oxygen atoms in total. The highest BCUT2D eigenvalue weighted by molar-refractivity contribution is 7.89. The lowest BCUT2D eigenvalue weighted by Crippen LogP contribution is -2.36. The van der Waals surface area contributed by atoms with Gasteiger partial charge in [0.15, 0.2) is 0 Å². The Morgan fingerprint density at radius 1 is 1.18 bits per heavy atom. The molecule has 10 heteroatoms. The number of carbonyl (C=O) groups excluding carboxylic acids is 1. The largest absolute Gasteiger partial charge is 0.431 e. The van der Waals surface area contributed by atoms with E-state index in [4.69, 9.17) is 4.74 Å². The summed E-state index contributed by atoms with van der Waals surface area (Å²) in [6, 6.07) is 11.6. The molecule has 2 N–H and O–H groups in total. The van der Waals surface area contributed by atoms with Crippen molar-refractivity contribution < 1.29 is 22.3 Å². The Hall–Kier alpha value is -2.82. The van der Waals surface area contributed by atoms with Crippen molar-refractivity contribution in [3.05, 3.63) is 71.5 Å². The molecule has 0 saturated carbocycles. The maximum Gasteiger partial charge on any atom is 0.278 e. The van der Waals surface area contributed by atoms with Crippen molar-refractivity contribution in [2.24, 2.45) is 0 Å². The van der Waals surface area contributed by atoms with Gasteiger partial charge in [0.05, 0.1) is 11.4 Å². The Morgan fingerprint density at radius 3 is 2.64 bits per heavy atom. The van der Waals surface area contributed by atoms with E-state index in [-0.39, 0.29) is 11.4 Å². The zero-order chi connectivity index (χ0) is 20.0. The number of nitrogens with one attached hydrogen (secondary N) is 2. The lowest BCUT2D eigenvalue weighted by molar-refractivity contribution is -0.120. The summed E-state index contributed by atoms with van der Waals surface area (Å²) >= 11 is 1.38. The molecule has 3 aromatic rings. The monoisotopic (exact) mass is 421 g/mol. The van der Waals surface area contributed by atoms with Crippen LogP contribution in [0.5, 0.6) is 10.9 Å². The highest BCUT2D eigenvalue weighted by Crippen LogP contribution is 2.23. The lowest BCUT2D eigenvalue weighted by atomic mass is 10.2. The van der Waals surface area contributed by atoms with Crippen molar-refractivity contribution >= 4 is 27.3 Å². The summed E-state index contributed by atoms with van der Waals surface area (Å²) in [6.07, 6.45) is 1.65. The minimum Gasteiger partial charge on any atom is -0.431 e. The SMILES string of the molecule is O=C(CNS(=O)(=O)c1cccc(F)c1)NCc1ccc(Oc2nccs2)cc1. The third-order valence-electron chi connectivity index (χ3n) is 3.56. The summed E-state index contributed by atoms with van der Waals surface area (Å²) in [5.74, 6) is -0.564. The first-order valence-corrected chi connectivity index (χ1v) is 10.5. The number of halogens is 1. The van der Waals surface area contributed by atoms with E-state index in [9.17, 15) is 17.6 Å². The summed E-state index contributed by atoms with van der Waals surface area (Å²) in [5, 5.41) is 4.95. The van der Waals surface area contributed by atoms with Crippen LogP contribution in [0.4, 0.5) is 4.39 Å². The zero-order valence-electron chi connectivity index (χ0n) is 14.5. The van der Waals surface area contributed by atoms with Crippen LogP contribution in [-0.4, -0.2) is 25.9 Å². The van der Waals surface area contributed by atoms with Gasteiger partial charge in [-0.3, -0.25) is 4.79 Å². The normalized spacial score (nSPS) is 11.2. The van der Waals surface area contributed by atoms with Gasteiger partial charge in [-0.05, 0) is 35.9 Å². The van der Waals surface area contributed by atoms with E-state index in [0.29, 0.717) is 10.9 Å². The smallest absolute Gasteiger partial charge is 0.278 e. The van der Waals surface area contributed by atoms with Crippen molar-refractivity contribution in [2.45, 2.75) is 11.4 Å². The molecule has 0 aliphatic rings. The predicted octanol–water partition coefficient (Wildman–Crippen LogP) is 2.67. The van der Waals surface area contributed by atoms with Gasteiger partial charge in [0, 0.05) is 18.1 Å². The van der Waals surface area contributed by atoms with E-state index in [1.54, 1.807) is 30.5 Å². The van der Waals surface area contributed by atoms with Crippen molar-refractivity contribution in [3.8, 4) is 10.9 Å². The minimum absolute atomic E-state index is 0.220. The van der Waals surface area contributed by atoms with Crippen molar-refractivity contribution in [3.63, 3.8) is 0 Å². The summed E-state index contributed by atoms with van der Waals surface area (Å²) in [6.45, 7) is -0.234. The fraction of sp³-hybridized carbons (Fsp3) is 0.111. The molecule has 1 heterocycles. The number of aromatic nitrogens is 1. The molecule has 0 unspecified atom stereocenters. The minimum atomic E-state index is -3.96. The van der Waals surface area contributed by atoms with Gasteiger partial charge in [-0.15, -0.1) is 0 Å². The maximum atomic E-state index is 13.2. The maximum absolute atomic E-state index is 13.2. The molecule has 0 aliphatic heterocycles. The van der Waals surface area contributed by atoms with E-state index in [1.807, 2.05) is 5.38 Å². The Bertz CT molecular complexity index is 1040. The number of thiazole rings is 1. The number of rotatable bonds is 8. The summed E-state index contributed by atoms with van der Waals surface area (Å²) in [7, 11) is -3.96. The topological polar surface area (TPSA) is 97.4 Å². The highest BCUT2D eigenvalue weighted by atomic mass is 32.2. The molecule has 2 aromatic carbocycles. The number of sulfonamides is 1. The van der Waals surface area contributed by atoms with Gasteiger partial charge in [-0.2, -0.15) is 0 Å². The van der Waals surface area contributed by atoms with Crippen LogP contribution in [-0.2, 0) is 21.4 Å². The van der Waals surface area contributed by atoms with Crippen molar-refractivity contribution in [1.82, 2.24) is 15.0 Å². The molecule has 0 aliphatic carbocycles. The first-order valence-electron chi connectivity index (χ1n) is 8.10. The summed E-state index contributed by atoms with van der Waals surface area (Å²) < 4.78 is 44.9. The van der Waals surface area contributed by atoms with E-state index in [1.165, 1.54) is 23.5 Å². The van der Waals surface area contributed by atoms with Crippen LogP contribution in [0.2, 0.25) is 0 Å². The number of amides is 1. The third-order valence-corrected chi connectivity index (χ3v) is 5.60. The van der Waals surface area contributed by atoms with E-state index >= 15 is 0 Å². The summed E-state index contributed by atoms with van der Waals surface area (Å²) in [4.78, 5) is 15.7. The van der Waals surface area contributed by atoms with Crippen LogP contribution < -0.4 is 14.8 Å². The number of hydrogen-bond donors (Lipinski definition) is 2. The molecule has 0 bridgehead atoms. The highest BCUT2D eigenvalue weighted by Gasteiger charge is 2.16. The number of nitrogens with zero attached hydrogens (tertiary/aromatic N) is 1. The Labute approximate surface area is 165 Å². The molecule has 0 spiro atoms. The molecule has 0 atom stereocenters. The molecular formula is C18H16FN3O4S2. The molecule has 146 valence electrons. The van der Waals surface area contributed by atoms with Crippen LogP contribution in [0, 0.1) is 5.82 Å². The quantitative estimate of drug-likeness (QED) is 0.583. The average Bonchev–Trinajstić information content (AvgIpc) is 3.19. The van der Waals surface area contributed by atoms with Gasteiger partial charge in [0.25, 0.3) is 5.19 Å². The molecule has 3 rings (SSSR count). The number of hydrogen-bond acceptors (Lipinski definition) is 6. The fourth-order valence-electron chi connectivity index (χ4n) is 2.18. The summed E-state index contributed by atoms with van der Waals surface area (Å²) in [5.41, 5.74) is 0.813. The number of carbonyl (C=O) groups is 1. The fourth-order valence-corrected chi connectivity index (χ4v) is 3.70. The van der Waals surface area contributed by atoms with Crippen LogP contribution in [0.15, 0.2) is 65.0 Å². The first kappa shape index (κ1) is 19.9. The van der Waals surface area contributed by atoms with Gasteiger partial charge in [0.1, 0.15) is 11.6 Å². The van der Waals surface area contributed by atoms with E-state index in [2.05, 4.69) is 15.0 Å². The van der Waals surface area contributed by atoms with Gasteiger partial charge >= 0.3 is 0 Å². The molecule has 0 saturated heterocycles. The van der Waals surface area contributed by atoms with Gasteiger partial charge in [0.2, 0.25) is 15.9 Å². The second-order valence-corrected chi connectivity index (χ2v) is 8.23. The second kappa shape index (κ2) is 8.91. The molecule has 0 fully saturated rings. The zero-order valence-corrected chi connectivity index (χ0v) is 16.1. The van der Waals surface area contributed by atoms with Crippen LogP contribution in [0.25, 0.3) is 0 Å². The van der Waals surface area contributed by atoms with E-state index < -0.39 is 28.3 Å². The molecule has 0 radical (unpaired) electrons. The second-order valence-electron chi connectivity index (χ2n) is 5.60. The van der Waals surface area contributed by atoms with Crippen molar-refractivity contribution in [2.75, 3.05) is 6.54 Å². The van der Waals surface area contributed by atoms with Crippen LogP contribution in [0.3, 0.4) is 0 Å². The molecule has 28 heavy (non-hydrogen) atoms. The average molecular weight is 421 g/mol. The predicted molar refractivity (Wildman–Crippen MR) is 102 cm³/mol. The lowest BCUT2D eigenvalue weighted by Gasteiger charge is -2.09. The Kier molecular flexibility index (Phi) is 6.34. The molecule has 1 aromatic heterocycles. The van der Waals surface area contributed by atoms with Crippen LogP contribution in [0.1, 0.15) is 5.56 Å². The molecule has 1 amide bonds. The number of ether oxygens (including phenoxy) is 1. The molecular weight excluding hydrogens is 405 g/mol. The number of benzene rings is 2. The van der Waals surface area contributed by atoms with Gasteiger partial charge in [-0.25, -0.2) is 22.5 Å².